The lowest BCUT2D eigenvalue weighted by Crippen LogP contribution is -2.47. The summed E-state index contributed by atoms with van der Waals surface area (Å²) >= 11 is 0. The van der Waals surface area contributed by atoms with Gasteiger partial charge in [0.1, 0.15) is 11.6 Å². The number of benzene rings is 1. The summed E-state index contributed by atoms with van der Waals surface area (Å²) in [6.07, 6.45) is 4.00. The number of ether oxygens (including phenoxy) is 1. The number of fused-ring (bicyclic) bond motifs is 1. The smallest absolute Gasteiger partial charge is 0.226 e. The molecule has 0 radical (unpaired) electrons. The Morgan fingerprint density at radius 2 is 1.96 bits per heavy atom. The van der Waals surface area contributed by atoms with Crippen LogP contribution >= 0.6 is 0 Å². The van der Waals surface area contributed by atoms with Crippen molar-refractivity contribution in [1.29, 1.82) is 0 Å². The Labute approximate surface area is 155 Å². The van der Waals surface area contributed by atoms with Crippen molar-refractivity contribution in [2.24, 2.45) is 0 Å². The van der Waals surface area contributed by atoms with Gasteiger partial charge in [-0.3, -0.25) is 4.90 Å². The maximum absolute atomic E-state index is 5.60. The molecule has 0 bridgehead atoms. The van der Waals surface area contributed by atoms with Crippen LogP contribution in [0.25, 0.3) is 0 Å². The summed E-state index contributed by atoms with van der Waals surface area (Å²) in [4.78, 5) is 15.8. The molecule has 3 heterocycles. The highest BCUT2D eigenvalue weighted by molar-refractivity contribution is 5.43. The number of hydrogen-bond acceptors (Lipinski definition) is 6. The fraction of sp³-hybridized carbons (Fsp3) is 0.500. The fourth-order valence-electron chi connectivity index (χ4n) is 3.61. The van der Waals surface area contributed by atoms with Crippen molar-refractivity contribution >= 4 is 11.8 Å². The van der Waals surface area contributed by atoms with E-state index in [1.165, 1.54) is 11.1 Å². The van der Waals surface area contributed by atoms with Crippen molar-refractivity contribution in [1.82, 2.24) is 14.9 Å². The maximum Gasteiger partial charge on any atom is 0.226 e. The molecular weight excluding hydrogens is 326 g/mol. The second kappa shape index (κ2) is 7.50. The SMILES string of the molecule is CN(C)c1nccc(N2CCN(CCc3ccc4c(c3)CCO4)CC2)n1. The topological polar surface area (TPSA) is 44.7 Å². The highest BCUT2D eigenvalue weighted by Crippen LogP contribution is 2.26. The van der Waals surface area contributed by atoms with Crippen LogP contribution in [0.1, 0.15) is 11.1 Å². The Morgan fingerprint density at radius 3 is 2.77 bits per heavy atom. The van der Waals surface area contributed by atoms with E-state index in [0.29, 0.717) is 0 Å². The maximum atomic E-state index is 5.60. The van der Waals surface area contributed by atoms with E-state index in [2.05, 4.69) is 38.0 Å². The van der Waals surface area contributed by atoms with Crippen molar-refractivity contribution in [3.63, 3.8) is 0 Å². The van der Waals surface area contributed by atoms with Crippen LogP contribution in [0.3, 0.4) is 0 Å². The van der Waals surface area contributed by atoms with E-state index in [9.17, 15) is 0 Å². The van der Waals surface area contributed by atoms with Crippen LogP contribution in [0.4, 0.5) is 11.8 Å². The van der Waals surface area contributed by atoms with E-state index >= 15 is 0 Å². The lowest BCUT2D eigenvalue weighted by atomic mass is 10.1. The van der Waals surface area contributed by atoms with Crippen LogP contribution in [0, 0.1) is 0 Å². The van der Waals surface area contributed by atoms with Gasteiger partial charge in [-0.1, -0.05) is 12.1 Å². The molecule has 6 heteroatoms. The number of rotatable bonds is 5. The molecule has 2 aliphatic rings. The molecule has 0 N–H and O–H groups in total. The highest BCUT2D eigenvalue weighted by Gasteiger charge is 2.19. The van der Waals surface area contributed by atoms with E-state index < -0.39 is 0 Å². The van der Waals surface area contributed by atoms with Gasteiger partial charge in [-0.05, 0) is 29.7 Å². The molecule has 0 atom stereocenters. The number of hydrogen-bond donors (Lipinski definition) is 0. The summed E-state index contributed by atoms with van der Waals surface area (Å²) in [5, 5.41) is 0. The molecule has 2 aromatic rings. The zero-order valence-electron chi connectivity index (χ0n) is 15.7. The van der Waals surface area contributed by atoms with Crippen molar-refractivity contribution in [3.05, 3.63) is 41.6 Å². The van der Waals surface area contributed by atoms with Crippen molar-refractivity contribution < 1.29 is 4.74 Å². The number of piperazine rings is 1. The molecule has 1 saturated heterocycles. The van der Waals surface area contributed by atoms with Crippen LogP contribution in [-0.2, 0) is 12.8 Å². The largest absolute Gasteiger partial charge is 0.493 e. The third-order valence-electron chi connectivity index (χ3n) is 5.20. The predicted molar refractivity (Wildman–Crippen MR) is 104 cm³/mol. The van der Waals surface area contributed by atoms with E-state index in [-0.39, 0.29) is 0 Å². The fourth-order valence-corrected chi connectivity index (χ4v) is 3.61. The summed E-state index contributed by atoms with van der Waals surface area (Å²) in [6, 6.07) is 8.68. The van der Waals surface area contributed by atoms with Gasteiger partial charge in [-0.25, -0.2) is 4.98 Å². The molecule has 0 saturated carbocycles. The van der Waals surface area contributed by atoms with Crippen LogP contribution < -0.4 is 14.5 Å². The van der Waals surface area contributed by atoms with Crippen LogP contribution in [0.15, 0.2) is 30.5 Å². The quantitative estimate of drug-likeness (QED) is 0.817. The summed E-state index contributed by atoms with van der Waals surface area (Å²) in [5.41, 5.74) is 2.79. The first-order valence-electron chi connectivity index (χ1n) is 9.41. The zero-order chi connectivity index (χ0) is 17.9. The van der Waals surface area contributed by atoms with E-state index in [4.69, 9.17) is 4.74 Å². The monoisotopic (exact) mass is 353 g/mol. The zero-order valence-corrected chi connectivity index (χ0v) is 15.7. The van der Waals surface area contributed by atoms with E-state index in [0.717, 1.165) is 69.7 Å². The summed E-state index contributed by atoms with van der Waals surface area (Å²) in [6.45, 7) is 6.13. The van der Waals surface area contributed by atoms with Gasteiger partial charge in [0, 0.05) is 59.4 Å². The average molecular weight is 353 g/mol. The number of nitrogens with zero attached hydrogens (tertiary/aromatic N) is 5. The summed E-state index contributed by atoms with van der Waals surface area (Å²) in [5.74, 6) is 2.87. The Bertz CT molecular complexity index is 756. The van der Waals surface area contributed by atoms with Crippen LogP contribution in [0.5, 0.6) is 5.75 Å². The second-order valence-electron chi connectivity index (χ2n) is 7.23. The molecule has 1 fully saturated rings. The van der Waals surface area contributed by atoms with Gasteiger partial charge in [0.05, 0.1) is 6.61 Å². The van der Waals surface area contributed by atoms with Gasteiger partial charge >= 0.3 is 0 Å². The molecule has 0 unspecified atom stereocenters. The minimum Gasteiger partial charge on any atom is -0.493 e. The Balaban J connectivity index is 1.29. The van der Waals surface area contributed by atoms with E-state index in [1.54, 1.807) is 0 Å². The number of anilines is 2. The Kier molecular flexibility index (Phi) is 4.93. The van der Waals surface area contributed by atoms with Gasteiger partial charge in [0.2, 0.25) is 5.95 Å². The first-order valence-corrected chi connectivity index (χ1v) is 9.41. The minimum absolute atomic E-state index is 0.769. The molecule has 0 amide bonds. The standard InChI is InChI=1S/C20H27N5O/c1-23(2)20-21-8-5-19(22-20)25-12-10-24(11-13-25)9-6-16-3-4-18-17(15-16)7-14-26-18/h3-5,8,15H,6-7,9-14H2,1-2H3. The first kappa shape index (κ1) is 17.1. The lowest BCUT2D eigenvalue weighted by Gasteiger charge is -2.35. The molecule has 0 aliphatic carbocycles. The minimum atomic E-state index is 0.769. The van der Waals surface area contributed by atoms with Crippen LogP contribution in [-0.4, -0.2) is 68.3 Å². The van der Waals surface area contributed by atoms with Gasteiger partial charge < -0.3 is 14.5 Å². The lowest BCUT2D eigenvalue weighted by molar-refractivity contribution is 0.260. The summed E-state index contributed by atoms with van der Waals surface area (Å²) in [7, 11) is 3.95. The second-order valence-corrected chi connectivity index (χ2v) is 7.23. The van der Waals surface area contributed by atoms with Crippen LogP contribution in [0.2, 0.25) is 0 Å². The Hall–Kier alpha value is -2.34. The molecule has 138 valence electrons. The third-order valence-corrected chi connectivity index (χ3v) is 5.20. The number of aromatic nitrogens is 2. The normalized spacial score (nSPS) is 17.1. The molecule has 1 aromatic heterocycles. The predicted octanol–water partition coefficient (Wildman–Crippen LogP) is 1.84. The molecule has 6 nitrogen and oxygen atoms in total. The molecular formula is C20H27N5O. The molecule has 2 aliphatic heterocycles. The van der Waals surface area contributed by atoms with Crippen molar-refractivity contribution in [2.75, 3.05) is 63.2 Å². The van der Waals surface area contributed by atoms with Crippen molar-refractivity contribution in [3.8, 4) is 5.75 Å². The van der Waals surface area contributed by atoms with Gasteiger partial charge in [0.25, 0.3) is 0 Å². The Morgan fingerprint density at radius 1 is 1.12 bits per heavy atom. The molecule has 26 heavy (non-hydrogen) atoms. The molecule has 1 aromatic carbocycles. The van der Waals surface area contributed by atoms with Crippen molar-refractivity contribution in [2.45, 2.75) is 12.8 Å². The average Bonchev–Trinajstić information content (AvgIpc) is 3.15. The van der Waals surface area contributed by atoms with E-state index in [1.807, 2.05) is 31.3 Å². The van der Waals surface area contributed by atoms with Gasteiger partial charge in [0.15, 0.2) is 0 Å². The molecule has 0 spiro atoms. The van der Waals surface area contributed by atoms with Gasteiger partial charge in [-0.15, -0.1) is 0 Å². The molecule has 4 rings (SSSR count). The third kappa shape index (κ3) is 3.75. The first-order chi connectivity index (χ1) is 12.7. The highest BCUT2D eigenvalue weighted by atomic mass is 16.5. The van der Waals surface area contributed by atoms with Gasteiger partial charge in [-0.2, -0.15) is 4.98 Å². The summed E-state index contributed by atoms with van der Waals surface area (Å²) < 4.78 is 5.60.